The minimum atomic E-state index is -0.490. The highest BCUT2D eigenvalue weighted by Crippen LogP contribution is 2.38. The van der Waals surface area contributed by atoms with Crippen LogP contribution in [0.4, 0.5) is 4.79 Å². The lowest BCUT2D eigenvalue weighted by molar-refractivity contribution is -0.0677. The Labute approximate surface area is 131 Å². The summed E-state index contributed by atoms with van der Waals surface area (Å²) in [4.78, 5) is 14.3. The molecule has 1 N–H and O–H groups in total. The minimum absolute atomic E-state index is 0.0207. The Morgan fingerprint density at radius 1 is 1.50 bits per heavy atom. The second-order valence-electron chi connectivity index (χ2n) is 6.21. The van der Waals surface area contributed by atoms with E-state index in [9.17, 15) is 4.79 Å². The van der Waals surface area contributed by atoms with E-state index in [4.69, 9.17) is 9.47 Å². The number of fused-ring (bicyclic) bond motifs is 4. The maximum absolute atomic E-state index is 12.5. The van der Waals surface area contributed by atoms with Gasteiger partial charge in [0.2, 0.25) is 0 Å². The second kappa shape index (κ2) is 4.87. The van der Waals surface area contributed by atoms with E-state index in [1.165, 1.54) is 0 Å². The van der Waals surface area contributed by atoms with Crippen molar-refractivity contribution in [1.29, 1.82) is 0 Å². The zero-order valence-corrected chi connectivity index (χ0v) is 13.9. The Morgan fingerprint density at radius 2 is 2.25 bits per heavy atom. The molecule has 110 valence electrons. The van der Waals surface area contributed by atoms with Gasteiger partial charge in [-0.25, -0.2) is 4.79 Å². The zero-order chi connectivity index (χ0) is 14.5. The van der Waals surface area contributed by atoms with E-state index >= 15 is 0 Å². The molecule has 1 aromatic rings. The summed E-state index contributed by atoms with van der Waals surface area (Å²) in [5, 5.41) is 7.32. The lowest BCUT2D eigenvalue weighted by Crippen LogP contribution is -2.55. The predicted octanol–water partition coefficient (Wildman–Crippen LogP) is 2.25. The Hall–Kier alpha value is -0.830. The number of halogens is 1. The van der Waals surface area contributed by atoms with E-state index < -0.39 is 5.60 Å². The van der Waals surface area contributed by atoms with Crippen molar-refractivity contribution in [2.45, 2.75) is 44.9 Å². The highest BCUT2D eigenvalue weighted by molar-refractivity contribution is 14.1. The van der Waals surface area contributed by atoms with E-state index in [1.54, 1.807) is 0 Å². The fraction of sp³-hybridized carbons (Fsp3) is 0.692. The first kappa shape index (κ1) is 14.1. The number of aromatic amines is 1. The average Bonchev–Trinajstić information content (AvgIpc) is 2.67. The fourth-order valence-corrected chi connectivity index (χ4v) is 3.60. The number of carbonyl (C=O) groups excluding carboxylic acids is 1. The van der Waals surface area contributed by atoms with Crippen LogP contribution in [0.1, 0.15) is 38.1 Å². The van der Waals surface area contributed by atoms with E-state index in [-0.39, 0.29) is 18.2 Å². The van der Waals surface area contributed by atoms with Crippen LogP contribution in [-0.2, 0) is 15.9 Å². The van der Waals surface area contributed by atoms with Gasteiger partial charge in [0.05, 0.1) is 25.3 Å². The van der Waals surface area contributed by atoms with E-state index in [0.717, 1.165) is 21.4 Å². The molecule has 3 rings (SSSR count). The number of morpholine rings is 1. The molecule has 2 aliphatic heterocycles. The van der Waals surface area contributed by atoms with Crippen LogP contribution >= 0.6 is 22.6 Å². The van der Waals surface area contributed by atoms with Gasteiger partial charge in [0.1, 0.15) is 9.30 Å². The molecule has 1 saturated heterocycles. The van der Waals surface area contributed by atoms with Crippen molar-refractivity contribution in [1.82, 2.24) is 15.1 Å². The second-order valence-corrected chi connectivity index (χ2v) is 7.23. The number of ether oxygens (including phenoxy) is 2. The number of rotatable bonds is 0. The molecule has 0 spiro atoms. The molecule has 0 radical (unpaired) electrons. The first-order valence-corrected chi connectivity index (χ1v) is 7.76. The van der Waals surface area contributed by atoms with Gasteiger partial charge in [-0.2, -0.15) is 5.10 Å². The van der Waals surface area contributed by atoms with Crippen LogP contribution in [-0.4, -0.2) is 46.0 Å². The van der Waals surface area contributed by atoms with Crippen LogP contribution in [0, 0.1) is 3.70 Å². The third-order valence-electron chi connectivity index (χ3n) is 3.53. The van der Waals surface area contributed by atoms with Crippen LogP contribution in [0.2, 0.25) is 0 Å². The summed E-state index contributed by atoms with van der Waals surface area (Å²) in [6, 6.07) is -0.0784. The fourth-order valence-electron chi connectivity index (χ4n) is 2.79. The molecule has 0 saturated carbocycles. The Morgan fingerprint density at radius 3 is 2.95 bits per heavy atom. The number of hydrogen-bond acceptors (Lipinski definition) is 4. The van der Waals surface area contributed by atoms with Gasteiger partial charge in [-0.05, 0) is 43.4 Å². The molecule has 20 heavy (non-hydrogen) atoms. The van der Waals surface area contributed by atoms with Crippen molar-refractivity contribution in [3.63, 3.8) is 0 Å². The molecule has 2 aliphatic rings. The van der Waals surface area contributed by atoms with Gasteiger partial charge in [-0.3, -0.25) is 10.00 Å². The Balaban J connectivity index is 1.93. The number of amides is 1. The number of nitrogens with one attached hydrogen (secondary N) is 1. The molecule has 6 nitrogen and oxygen atoms in total. The Bertz CT molecular complexity index is 537. The van der Waals surface area contributed by atoms with Crippen molar-refractivity contribution in [3.8, 4) is 0 Å². The lowest BCUT2D eigenvalue weighted by Gasteiger charge is -2.45. The maximum atomic E-state index is 12.5. The third kappa shape index (κ3) is 2.41. The van der Waals surface area contributed by atoms with Crippen LogP contribution in [0.25, 0.3) is 0 Å². The summed E-state index contributed by atoms with van der Waals surface area (Å²) in [6.45, 7) is 6.69. The number of H-pyrrole nitrogens is 1. The molecule has 1 aromatic heterocycles. The quantitative estimate of drug-likeness (QED) is 0.689. The predicted molar refractivity (Wildman–Crippen MR) is 80.4 cm³/mol. The molecule has 0 aromatic carbocycles. The summed E-state index contributed by atoms with van der Waals surface area (Å²) in [5.74, 6) is 0. The first-order chi connectivity index (χ1) is 9.37. The minimum Gasteiger partial charge on any atom is -0.444 e. The average molecular weight is 391 g/mol. The van der Waals surface area contributed by atoms with Gasteiger partial charge in [0.15, 0.2) is 0 Å². The van der Waals surface area contributed by atoms with Gasteiger partial charge in [-0.1, -0.05) is 0 Å². The standard InChI is InChI=1S/C13H18IN3O3/c1-13(2,3)20-12(18)17-7-4-8-10(11(14)16-15-8)9(17)6-19-5-7/h7,9H,4-6H2,1-3H3,(H,15,16). The maximum Gasteiger partial charge on any atom is 0.411 e. The summed E-state index contributed by atoms with van der Waals surface area (Å²) in [5.41, 5.74) is 1.70. The van der Waals surface area contributed by atoms with Gasteiger partial charge in [0.25, 0.3) is 0 Å². The number of carbonyl (C=O) groups is 1. The highest BCUT2D eigenvalue weighted by Gasteiger charge is 2.44. The Kier molecular flexibility index (Phi) is 3.44. The monoisotopic (exact) mass is 391 g/mol. The van der Waals surface area contributed by atoms with Crippen molar-refractivity contribution in [2.75, 3.05) is 13.2 Å². The lowest BCUT2D eigenvalue weighted by atomic mass is 9.93. The molecule has 2 bridgehead atoms. The molecule has 7 heteroatoms. The molecule has 2 atom stereocenters. The number of nitrogens with zero attached hydrogens (tertiary/aromatic N) is 2. The van der Waals surface area contributed by atoms with Crippen LogP contribution in [0.15, 0.2) is 0 Å². The van der Waals surface area contributed by atoms with Gasteiger partial charge < -0.3 is 9.47 Å². The molecular weight excluding hydrogens is 373 g/mol. The summed E-state index contributed by atoms with van der Waals surface area (Å²) >= 11 is 2.19. The summed E-state index contributed by atoms with van der Waals surface area (Å²) in [7, 11) is 0. The van der Waals surface area contributed by atoms with E-state index in [0.29, 0.717) is 13.2 Å². The molecule has 0 aliphatic carbocycles. The largest absolute Gasteiger partial charge is 0.444 e. The van der Waals surface area contributed by atoms with Crippen LogP contribution in [0.3, 0.4) is 0 Å². The van der Waals surface area contributed by atoms with Crippen molar-refractivity contribution >= 4 is 28.7 Å². The van der Waals surface area contributed by atoms with Gasteiger partial charge in [-0.15, -0.1) is 0 Å². The van der Waals surface area contributed by atoms with Gasteiger partial charge >= 0.3 is 6.09 Å². The van der Waals surface area contributed by atoms with Crippen LogP contribution in [0.5, 0.6) is 0 Å². The number of hydrogen-bond donors (Lipinski definition) is 1. The van der Waals surface area contributed by atoms with Crippen molar-refractivity contribution in [2.24, 2.45) is 0 Å². The van der Waals surface area contributed by atoms with Crippen molar-refractivity contribution in [3.05, 3.63) is 15.0 Å². The summed E-state index contributed by atoms with van der Waals surface area (Å²) in [6.07, 6.45) is 0.472. The first-order valence-electron chi connectivity index (χ1n) is 6.68. The number of aromatic nitrogens is 2. The third-order valence-corrected chi connectivity index (χ3v) is 4.35. The topological polar surface area (TPSA) is 67.4 Å². The molecule has 2 unspecified atom stereocenters. The molecular formula is C13H18IN3O3. The highest BCUT2D eigenvalue weighted by atomic mass is 127. The molecule has 3 heterocycles. The van der Waals surface area contributed by atoms with Crippen LogP contribution < -0.4 is 0 Å². The van der Waals surface area contributed by atoms with E-state index in [2.05, 4.69) is 32.8 Å². The summed E-state index contributed by atoms with van der Waals surface area (Å²) < 4.78 is 12.1. The zero-order valence-electron chi connectivity index (χ0n) is 11.8. The normalized spacial score (nSPS) is 25.3. The van der Waals surface area contributed by atoms with Crippen molar-refractivity contribution < 1.29 is 14.3 Å². The smallest absolute Gasteiger partial charge is 0.411 e. The SMILES string of the molecule is CC(C)(C)OC(=O)N1C2COCC1c1c(I)n[nH]c1C2. The molecule has 1 fully saturated rings. The van der Waals surface area contributed by atoms with Gasteiger partial charge in [0, 0.05) is 17.7 Å². The molecule has 1 amide bonds. The van der Waals surface area contributed by atoms with E-state index in [1.807, 2.05) is 25.7 Å².